The molecule has 1 atom stereocenters. The van der Waals surface area contributed by atoms with Crippen LogP contribution in [0.25, 0.3) is 11.4 Å². The number of nitrogens with zero attached hydrogens (tertiary/aromatic N) is 4. The normalized spacial score (nSPS) is 11.9. The number of hydrogen-bond acceptors (Lipinski definition) is 4. The predicted molar refractivity (Wildman–Crippen MR) is 108 cm³/mol. The van der Waals surface area contributed by atoms with Gasteiger partial charge in [0, 0.05) is 30.6 Å². The quantitative estimate of drug-likeness (QED) is 0.480. The maximum absolute atomic E-state index is 5.56. The fourth-order valence-electron chi connectivity index (χ4n) is 2.86. The molecule has 0 aliphatic carbocycles. The second-order valence-electron chi connectivity index (χ2n) is 6.44. The van der Waals surface area contributed by atoms with Crippen molar-refractivity contribution in [2.45, 2.75) is 13.2 Å². The maximum Gasteiger partial charge on any atom is 0.202 e. The van der Waals surface area contributed by atoms with Crippen molar-refractivity contribution in [1.82, 2.24) is 19.3 Å². The van der Waals surface area contributed by atoms with Gasteiger partial charge in [-0.3, -0.25) is 4.98 Å². The Kier molecular flexibility index (Phi) is 6.16. The largest absolute Gasteiger partial charge is 0.490 e. The lowest BCUT2D eigenvalue weighted by Crippen LogP contribution is -3.07. The number of ether oxygens (including phenoxy) is 1. The Hall–Kier alpha value is -2.77. The van der Waals surface area contributed by atoms with Crippen LogP contribution in [0.5, 0.6) is 5.75 Å². The van der Waals surface area contributed by atoms with Gasteiger partial charge in [0.15, 0.2) is 12.5 Å². The minimum atomic E-state index is 0.516. The van der Waals surface area contributed by atoms with E-state index in [-0.39, 0.29) is 0 Å². The molecule has 0 spiro atoms. The average molecular weight is 383 g/mol. The van der Waals surface area contributed by atoms with Crippen LogP contribution >= 0.6 is 12.2 Å². The summed E-state index contributed by atoms with van der Waals surface area (Å²) in [5, 5.41) is 4.71. The van der Waals surface area contributed by atoms with E-state index in [1.807, 2.05) is 40.6 Å². The molecule has 6 nitrogen and oxygen atoms in total. The van der Waals surface area contributed by atoms with E-state index < -0.39 is 0 Å². The summed E-state index contributed by atoms with van der Waals surface area (Å²) in [7, 11) is 4.07. The topological polar surface area (TPSA) is 49.3 Å². The molecule has 3 rings (SSSR count). The van der Waals surface area contributed by atoms with Gasteiger partial charge in [0.2, 0.25) is 4.77 Å². The van der Waals surface area contributed by atoms with Gasteiger partial charge in [-0.05, 0) is 48.6 Å². The van der Waals surface area contributed by atoms with Gasteiger partial charge in [-0.2, -0.15) is 4.68 Å². The Labute approximate surface area is 164 Å². The smallest absolute Gasteiger partial charge is 0.202 e. The third kappa shape index (κ3) is 4.69. The van der Waals surface area contributed by atoms with Gasteiger partial charge in [0.1, 0.15) is 18.9 Å². The number of rotatable bonds is 8. The van der Waals surface area contributed by atoms with E-state index >= 15 is 0 Å². The second-order valence-corrected chi connectivity index (χ2v) is 6.80. The Morgan fingerprint density at radius 2 is 1.89 bits per heavy atom. The monoisotopic (exact) mass is 382 g/mol. The molecule has 0 bridgehead atoms. The Morgan fingerprint density at radius 1 is 1.19 bits per heavy atom. The number of pyridine rings is 1. The molecule has 0 saturated heterocycles. The van der Waals surface area contributed by atoms with Crippen LogP contribution < -0.4 is 9.64 Å². The van der Waals surface area contributed by atoms with Crippen molar-refractivity contribution >= 4 is 12.2 Å². The molecule has 1 N–H and O–H groups in total. The van der Waals surface area contributed by atoms with E-state index in [0.717, 1.165) is 23.7 Å². The molecule has 3 aromatic rings. The van der Waals surface area contributed by atoms with Gasteiger partial charge in [0.25, 0.3) is 0 Å². The van der Waals surface area contributed by atoms with Gasteiger partial charge in [-0.15, -0.1) is 5.10 Å². The molecule has 0 aliphatic rings. The van der Waals surface area contributed by atoms with E-state index in [4.69, 9.17) is 22.1 Å². The first-order valence-electron chi connectivity index (χ1n) is 8.76. The van der Waals surface area contributed by atoms with Crippen LogP contribution in [0, 0.1) is 4.77 Å². The number of nitrogens with one attached hydrogen (secondary N) is 1. The maximum atomic E-state index is 5.56. The van der Waals surface area contributed by atoms with Gasteiger partial charge < -0.3 is 14.2 Å². The molecule has 0 fully saturated rings. The molecule has 1 unspecified atom stereocenters. The number of aromatic nitrogens is 4. The summed E-state index contributed by atoms with van der Waals surface area (Å²) in [5.41, 5.74) is 2.24. The molecule has 2 heterocycles. The summed E-state index contributed by atoms with van der Waals surface area (Å²) < 4.78 is 10.0. The lowest BCUT2D eigenvalue weighted by Gasteiger charge is -2.14. The zero-order chi connectivity index (χ0) is 19.2. The van der Waals surface area contributed by atoms with Crippen molar-refractivity contribution in [2.24, 2.45) is 7.05 Å². The van der Waals surface area contributed by atoms with Crippen LogP contribution in [0.1, 0.15) is 5.56 Å². The fraction of sp³-hybridized carbons (Fsp3) is 0.250. The first-order valence-corrected chi connectivity index (χ1v) is 9.17. The molecule has 27 heavy (non-hydrogen) atoms. The molecule has 140 valence electrons. The van der Waals surface area contributed by atoms with Crippen LogP contribution in [0.4, 0.5) is 0 Å². The van der Waals surface area contributed by atoms with Crippen molar-refractivity contribution in [3.8, 4) is 17.1 Å². The molecular formula is C20H24N5OS+. The minimum absolute atomic E-state index is 0.516. The third-order valence-electron chi connectivity index (χ3n) is 4.20. The van der Waals surface area contributed by atoms with Crippen molar-refractivity contribution in [1.29, 1.82) is 0 Å². The molecule has 0 amide bonds. The fourth-order valence-corrected chi connectivity index (χ4v) is 3.05. The zero-order valence-electron chi connectivity index (χ0n) is 15.6. The Morgan fingerprint density at radius 3 is 2.56 bits per heavy atom. The van der Waals surface area contributed by atoms with Gasteiger partial charge in [-0.1, -0.05) is 12.7 Å². The molecule has 2 aromatic heterocycles. The summed E-state index contributed by atoms with van der Waals surface area (Å²) in [6.45, 7) is 5.73. The lowest BCUT2D eigenvalue weighted by molar-refractivity contribution is -0.917. The summed E-state index contributed by atoms with van der Waals surface area (Å²) in [6.07, 6.45) is 5.26. The number of benzene rings is 1. The first kappa shape index (κ1) is 19.0. The zero-order valence-corrected chi connectivity index (χ0v) is 16.4. The van der Waals surface area contributed by atoms with E-state index in [2.05, 4.69) is 30.7 Å². The van der Waals surface area contributed by atoms with Crippen molar-refractivity contribution in [3.05, 3.63) is 71.8 Å². The Balaban J connectivity index is 1.68. The highest BCUT2D eigenvalue weighted by atomic mass is 32.1. The summed E-state index contributed by atoms with van der Waals surface area (Å²) in [6, 6.07) is 12.0. The van der Waals surface area contributed by atoms with Crippen LogP contribution in [-0.4, -0.2) is 33.0 Å². The highest BCUT2D eigenvalue weighted by Crippen LogP contribution is 2.15. The second kappa shape index (κ2) is 8.75. The number of hydrogen-bond donors (Lipinski definition) is 1. The molecule has 0 saturated carbocycles. The summed E-state index contributed by atoms with van der Waals surface area (Å²) in [4.78, 5) is 5.34. The van der Waals surface area contributed by atoms with Gasteiger partial charge in [-0.25, -0.2) is 0 Å². The highest BCUT2D eigenvalue weighted by Gasteiger charge is 2.13. The standard InChI is InChI=1S/C20H23N5OS/c1-4-13-26-18-7-5-16(6-8-18)14-23(2)15-25-20(27)24(3)19(22-25)17-9-11-21-12-10-17/h4-12H,1,13-15H2,2-3H3/p+1. The average Bonchev–Trinajstić information content (AvgIpc) is 2.96. The van der Waals surface area contributed by atoms with Crippen LogP contribution in [0.3, 0.4) is 0 Å². The summed E-state index contributed by atoms with van der Waals surface area (Å²) in [5.74, 6) is 1.70. The number of quaternary nitrogens is 1. The van der Waals surface area contributed by atoms with E-state index in [1.165, 1.54) is 10.5 Å². The molecule has 7 heteroatoms. The van der Waals surface area contributed by atoms with Crippen LogP contribution in [0.15, 0.2) is 61.4 Å². The highest BCUT2D eigenvalue weighted by molar-refractivity contribution is 7.71. The van der Waals surface area contributed by atoms with Crippen LogP contribution in [0.2, 0.25) is 0 Å². The summed E-state index contributed by atoms with van der Waals surface area (Å²) >= 11 is 5.56. The predicted octanol–water partition coefficient (Wildman–Crippen LogP) is 2.25. The van der Waals surface area contributed by atoms with Crippen molar-refractivity contribution in [2.75, 3.05) is 13.7 Å². The molecule has 0 aliphatic heterocycles. The third-order valence-corrected chi connectivity index (χ3v) is 4.68. The SMILES string of the molecule is C=CCOc1ccc(C[NH+](C)Cn2nc(-c3ccncc3)n(C)c2=S)cc1. The van der Waals surface area contributed by atoms with E-state index in [9.17, 15) is 0 Å². The molecular weight excluding hydrogens is 358 g/mol. The van der Waals surface area contributed by atoms with Crippen LogP contribution in [-0.2, 0) is 20.3 Å². The van der Waals surface area contributed by atoms with E-state index in [1.54, 1.807) is 18.5 Å². The van der Waals surface area contributed by atoms with E-state index in [0.29, 0.717) is 18.0 Å². The van der Waals surface area contributed by atoms with Gasteiger partial charge in [0.05, 0.1) is 7.05 Å². The molecule has 0 radical (unpaired) electrons. The lowest BCUT2D eigenvalue weighted by atomic mass is 10.2. The van der Waals surface area contributed by atoms with Crippen molar-refractivity contribution < 1.29 is 9.64 Å². The van der Waals surface area contributed by atoms with Gasteiger partial charge >= 0.3 is 0 Å². The molecule has 1 aromatic carbocycles. The minimum Gasteiger partial charge on any atom is -0.490 e. The first-order chi connectivity index (χ1) is 13.1. The Bertz CT molecular complexity index is 947. The van der Waals surface area contributed by atoms with Crippen molar-refractivity contribution in [3.63, 3.8) is 0 Å².